The number of amides is 1. The van der Waals surface area contributed by atoms with E-state index in [1.54, 1.807) is 36.4 Å². The van der Waals surface area contributed by atoms with Crippen molar-refractivity contribution in [3.8, 4) is 22.9 Å². The Morgan fingerprint density at radius 3 is 2.64 bits per heavy atom. The van der Waals surface area contributed by atoms with Gasteiger partial charge in [0.15, 0.2) is 16.7 Å². The van der Waals surface area contributed by atoms with Gasteiger partial charge in [-0.2, -0.15) is 0 Å². The van der Waals surface area contributed by atoms with Crippen molar-refractivity contribution in [2.75, 3.05) is 11.1 Å². The average Bonchev–Trinajstić information content (AvgIpc) is 3.22. The lowest BCUT2D eigenvalue weighted by molar-refractivity contribution is -0.113. The van der Waals surface area contributed by atoms with E-state index in [2.05, 4.69) is 15.5 Å². The summed E-state index contributed by atoms with van der Waals surface area (Å²) >= 11 is 1.32. The molecular weight excluding hydrogens is 439 g/mol. The van der Waals surface area contributed by atoms with E-state index in [-0.39, 0.29) is 11.7 Å². The van der Waals surface area contributed by atoms with Crippen LogP contribution in [0.15, 0.2) is 78.0 Å². The van der Waals surface area contributed by atoms with Crippen LogP contribution in [0.4, 0.5) is 10.1 Å². The van der Waals surface area contributed by atoms with Crippen molar-refractivity contribution in [3.63, 3.8) is 0 Å². The second kappa shape index (κ2) is 10.3. The number of nitrogens with zero attached hydrogens (tertiary/aromatic N) is 3. The number of benzene rings is 3. The summed E-state index contributed by atoms with van der Waals surface area (Å²) in [5, 5.41) is 12.2. The van der Waals surface area contributed by atoms with E-state index in [4.69, 9.17) is 4.74 Å². The number of rotatable bonds is 8. The van der Waals surface area contributed by atoms with E-state index in [0.29, 0.717) is 28.9 Å². The normalized spacial score (nSPS) is 10.8. The topological polar surface area (TPSA) is 69.0 Å². The molecule has 33 heavy (non-hydrogen) atoms. The van der Waals surface area contributed by atoms with Gasteiger partial charge in [-0.15, -0.1) is 10.2 Å². The molecule has 3 aromatic carbocycles. The quantitative estimate of drug-likeness (QED) is 0.329. The molecule has 4 aromatic rings. The average molecular weight is 463 g/mol. The Kier molecular flexibility index (Phi) is 7.04. The molecule has 0 bridgehead atoms. The Morgan fingerprint density at radius 2 is 1.85 bits per heavy atom. The predicted octanol–water partition coefficient (Wildman–Crippen LogP) is 5.94. The molecule has 1 amide bonds. The van der Waals surface area contributed by atoms with E-state index < -0.39 is 5.82 Å². The van der Waals surface area contributed by atoms with E-state index >= 15 is 0 Å². The number of carbonyl (C=O) groups excluding carboxylic acids is 1. The fourth-order valence-corrected chi connectivity index (χ4v) is 4.14. The molecule has 0 aliphatic heterocycles. The van der Waals surface area contributed by atoms with Crippen LogP contribution in [0.5, 0.6) is 11.5 Å². The van der Waals surface area contributed by atoms with Crippen LogP contribution >= 0.6 is 11.8 Å². The van der Waals surface area contributed by atoms with Crippen LogP contribution in [0.2, 0.25) is 0 Å². The van der Waals surface area contributed by atoms with Crippen molar-refractivity contribution >= 4 is 23.4 Å². The van der Waals surface area contributed by atoms with Crippen LogP contribution in [-0.2, 0) is 11.3 Å². The van der Waals surface area contributed by atoms with Crippen molar-refractivity contribution < 1.29 is 13.9 Å². The number of hydrogen-bond acceptors (Lipinski definition) is 5. The van der Waals surface area contributed by atoms with Gasteiger partial charge in [0.1, 0.15) is 11.6 Å². The van der Waals surface area contributed by atoms with Gasteiger partial charge in [-0.25, -0.2) is 4.39 Å². The number of thioether (sulfide) groups is 1. The first-order valence-electron chi connectivity index (χ1n) is 10.5. The number of para-hydroxylation sites is 2. The Balaban J connectivity index is 1.44. The van der Waals surface area contributed by atoms with Crippen molar-refractivity contribution in [1.82, 2.24) is 14.8 Å². The summed E-state index contributed by atoms with van der Waals surface area (Å²) in [6, 6.07) is 20.9. The largest absolute Gasteiger partial charge is 0.455 e. The molecule has 1 heterocycles. The first kappa shape index (κ1) is 22.5. The number of nitrogens with one attached hydrogen (secondary N) is 1. The van der Waals surface area contributed by atoms with E-state index in [1.165, 1.54) is 23.9 Å². The summed E-state index contributed by atoms with van der Waals surface area (Å²) in [6.45, 7) is 4.74. The van der Waals surface area contributed by atoms with Gasteiger partial charge < -0.3 is 14.6 Å². The van der Waals surface area contributed by atoms with Gasteiger partial charge in [-0.1, -0.05) is 54.2 Å². The zero-order chi connectivity index (χ0) is 23.2. The maximum absolute atomic E-state index is 13.5. The SMILES string of the molecule is CCn1c(SCC(=O)Nc2ccccc2Oc2cccc(F)c2)nnc1-c1ccccc1C. The molecule has 168 valence electrons. The number of halogens is 1. The maximum Gasteiger partial charge on any atom is 0.234 e. The summed E-state index contributed by atoms with van der Waals surface area (Å²) in [6.07, 6.45) is 0. The molecule has 0 atom stereocenters. The lowest BCUT2D eigenvalue weighted by atomic mass is 10.1. The molecule has 1 N–H and O–H groups in total. The van der Waals surface area contributed by atoms with Gasteiger partial charge in [0, 0.05) is 18.2 Å². The Bertz CT molecular complexity index is 1270. The molecule has 0 spiro atoms. The Morgan fingerprint density at radius 1 is 1.06 bits per heavy atom. The molecule has 1 aromatic heterocycles. The van der Waals surface area contributed by atoms with Gasteiger partial charge in [-0.05, 0) is 43.7 Å². The van der Waals surface area contributed by atoms with Crippen molar-refractivity contribution in [2.24, 2.45) is 0 Å². The standard InChI is InChI=1S/C25H23FN4O2S/c1-3-30-24(20-12-5-4-9-17(20)2)28-29-25(30)33-16-23(31)27-21-13-6-7-14-22(21)32-19-11-8-10-18(26)15-19/h4-15H,3,16H2,1-2H3,(H,27,31). The molecule has 0 unspecified atom stereocenters. The first-order valence-corrected chi connectivity index (χ1v) is 11.5. The van der Waals surface area contributed by atoms with E-state index in [1.807, 2.05) is 42.7 Å². The highest BCUT2D eigenvalue weighted by Crippen LogP contribution is 2.30. The molecular formula is C25H23FN4O2S. The lowest BCUT2D eigenvalue weighted by Gasteiger charge is -2.12. The number of anilines is 1. The molecule has 0 aliphatic carbocycles. The zero-order valence-corrected chi connectivity index (χ0v) is 19.1. The molecule has 6 nitrogen and oxygen atoms in total. The predicted molar refractivity (Wildman–Crippen MR) is 128 cm³/mol. The first-order chi connectivity index (χ1) is 16.0. The summed E-state index contributed by atoms with van der Waals surface area (Å²) in [4.78, 5) is 12.7. The molecule has 0 saturated carbocycles. The van der Waals surface area contributed by atoms with Gasteiger partial charge in [0.25, 0.3) is 0 Å². The lowest BCUT2D eigenvalue weighted by Crippen LogP contribution is -2.15. The summed E-state index contributed by atoms with van der Waals surface area (Å²) in [7, 11) is 0. The molecule has 0 aliphatic rings. The minimum Gasteiger partial charge on any atom is -0.455 e. The van der Waals surface area contributed by atoms with Gasteiger partial charge in [0.2, 0.25) is 5.91 Å². The summed E-state index contributed by atoms with van der Waals surface area (Å²) < 4.78 is 21.2. The smallest absolute Gasteiger partial charge is 0.234 e. The molecule has 4 rings (SSSR count). The highest BCUT2D eigenvalue weighted by molar-refractivity contribution is 7.99. The fraction of sp³-hybridized carbons (Fsp3) is 0.160. The number of hydrogen-bond donors (Lipinski definition) is 1. The minimum atomic E-state index is -0.393. The van der Waals surface area contributed by atoms with Gasteiger partial charge in [-0.3, -0.25) is 4.79 Å². The zero-order valence-electron chi connectivity index (χ0n) is 18.3. The van der Waals surface area contributed by atoms with Crippen LogP contribution in [0.1, 0.15) is 12.5 Å². The fourth-order valence-electron chi connectivity index (χ4n) is 3.34. The van der Waals surface area contributed by atoms with Crippen molar-refractivity contribution in [2.45, 2.75) is 25.5 Å². The third-order valence-electron chi connectivity index (χ3n) is 4.94. The number of aromatic nitrogens is 3. The van der Waals surface area contributed by atoms with E-state index in [9.17, 15) is 9.18 Å². The van der Waals surface area contributed by atoms with Crippen LogP contribution in [0.3, 0.4) is 0 Å². The highest BCUT2D eigenvalue weighted by Gasteiger charge is 2.16. The Labute approximate surface area is 195 Å². The number of carbonyl (C=O) groups is 1. The third kappa shape index (κ3) is 5.40. The van der Waals surface area contributed by atoms with Gasteiger partial charge >= 0.3 is 0 Å². The highest BCUT2D eigenvalue weighted by atomic mass is 32.2. The maximum atomic E-state index is 13.5. The third-order valence-corrected chi connectivity index (χ3v) is 5.90. The molecule has 8 heteroatoms. The van der Waals surface area contributed by atoms with Crippen LogP contribution < -0.4 is 10.1 Å². The summed E-state index contributed by atoms with van der Waals surface area (Å²) in [5.41, 5.74) is 2.64. The van der Waals surface area contributed by atoms with Crippen LogP contribution in [0, 0.1) is 12.7 Å². The second-order valence-corrected chi connectivity index (χ2v) is 8.20. The molecule has 0 saturated heterocycles. The number of ether oxygens (including phenoxy) is 1. The second-order valence-electron chi connectivity index (χ2n) is 7.26. The van der Waals surface area contributed by atoms with E-state index in [0.717, 1.165) is 17.0 Å². The molecule has 0 fully saturated rings. The van der Waals surface area contributed by atoms with Crippen molar-refractivity contribution in [1.29, 1.82) is 0 Å². The summed E-state index contributed by atoms with van der Waals surface area (Å²) in [5.74, 6) is 1.12. The monoisotopic (exact) mass is 462 g/mol. The number of aryl methyl sites for hydroxylation is 1. The van der Waals surface area contributed by atoms with Gasteiger partial charge in [0.05, 0.1) is 11.4 Å². The molecule has 0 radical (unpaired) electrons. The van der Waals surface area contributed by atoms with Crippen LogP contribution in [-0.4, -0.2) is 26.4 Å². The Hall–Kier alpha value is -3.65. The minimum absolute atomic E-state index is 0.153. The van der Waals surface area contributed by atoms with Crippen LogP contribution in [0.25, 0.3) is 11.4 Å². The van der Waals surface area contributed by atoms with Crippen molar-refractivity contribution in [3.05, 3.63) is 84.2 Å².